The van der Waals surface area contributed by atoms with Gasteiger partial charge in [0.25, 0.3) is 0 Å². The predicted octanol–water partition coefficient (Wildman–Crippen LogP) is 9.94. The average Bonchev–Trinajstić information content (AvgIpc) is 3.47. The molecule has 0 radical (unpaired) electrons. The van der Waals surface area contributed by atoms with Crippen LogP contribution in [0.15, 0.2) is 121 Å². The lowest BCUT2D eigenvalue weighted by molar-refractivity contribution is -0.175. The number of aliphatic hydroxyl groups excluding tert-OH is 1. The fourth-order valence-electron chi connectivity index (χ4n) is 12.6. The molecular formula is C49H53NO5. The molecule has 0 saturated heterocycles. The third-order valence-corrected chi connectivity index (χ3v) is 15.4. The van der Waals surface area contributed by atoms with E-state index >= 15 is 4.79 Å². The second-order valence-electron chi connectivity index (χ2n) is 17.7. The van der Waals surface area contributed by atoms with Crippen molar-refractivity contribution in [3.8, 4) is 11.1 Å². The molecule has 2 spiro atoms. The van der Waals surface area contributed by atoms with Gasteiger partial charge in [-0.25, -0.2) is 4.79 Å². The Morgan fingerprint density at radius 1 is 0.800 bits per heavy atom. The van der Waals surface area contributed by atoms with Crippen molar-refractivity contribution in [3.63, 3.8) is 0 Å². The molecule has 8 atom stereocenters. The average molecular weight is 736 g/mol. The molecule has 4 aromatic carbocycles. The molecule has 3 saturated carbocycles. The van der Waals surface area contributed by atoms with E-state index in [2.05, 4.69) is 68.5 Å². The summed E-state index contributed by atoms with van der Waals surface area (Å²) in [6.45, 7) is 7.17. The molecule has 4 aromatic rings. The molecule has 284 valence electrons. The molecule has 6 heteroatoms. The van der Waals surface area contributed by atoms with Gasteiger partial charge in [0.15, 0.2) is 5.78 Å². The maximum atomic E-state index is 15.5. The Hall–Kier alpha value is -4.52. The van der Waals surface area contributed by atoms with Crippen LogP contribution in [0.4, 0.5) is 4.79 Å². The molecule has 1 unspecified atom stereocenters. The summed E-state index contributed by atoms with van der Waals surface area (Å²) in [6.07, 6.45) is 11.3. The predicted molar refractivity (Wildman–Crippen MR) is 216 cm³/mol. The fourth-order valence-corrected chi connectivity index (χ4v) is 12.6. The monoisotopic (exact) mass is 735 g/mol. The highest BCUT2D eigenvalue weighted by Gasteiger charge is 2.74. The number of hydrogen-bond acceptors (Lipinski definition) is 5. The second kappa shape index (κ2) is 13.0. The summed E-state index contributed by atoms with van der Waals surface area (Å²) in [6, 6.07) is 32.5. The lowest BCUT2D eigenvalue weighted by atomic mass is 9.32. The van der Waals surface area contributed by atoms with Crippen LogP contribution in [0.1, 0.15) is 81.6 Å². The number of rotatable bonds is 8. The van der Waals surface area contributed by atoms with Gasteiger partial charge in [-0.05, 0) is 96.6 Å². The van der Waals surface area contributed by atoms with Gasteiger partial charge in [0, 0.05) is 33.9 Å². The number of allylic oxidation sites excluding steroid dienone is 4. The molecule has 2 bridgehead atoms. The van der Waals surface area contributed by atoms with E-state index < -0.39 is 34.0 Å². The lowest BCUT2D eigenvalue weighted by Gasteiger charge is -2.71. The first-order valence-electron chi connectivity index (χ1n) is 20.4. The maximum Gasteiger partial charge on any atom is 0.410 e. The summed E-state index contributed by atoms with van der Waals surface area (Å²) in [5, 5.41) is 26.5. The first-order chi connectivity index (χ1) is 26.5. The zero-order chi connectivity index (χ0) is 38.2. The number of aliphatic hydroxyl groups is 2. The minimum atomic E-state index is -1.21. The molecule has 0 heterocycles. The Morgan fingerprint density at radius 3 is 2.31 bits per heavy atom. The van der Waals surface area contributed by atoms with Crippen LogP contribution in [0.25, 0.3) is 21.9 Å². The van der Waals surface area contributed by atoms with Crippen LogP contribution in [0.3, 0.4) is 0 Å². The highest BCUT2D eigenvalue weighted by atomic mass is 16.6. The van der Waals surface area contributed by atoms with Crippen molar-refractivity contribution >= 4 is 22.6 Å². The zero-order valence-electron chi connectivity index (χ0n) is 32.3. The lowest BCUT2D eigenvalue weighted by Crippen LogP contribution is -2.67. The fraction of sp³-hybridized carbons (Fsp3) is 0.429. The topological polar surface area (TPSA) is 87.1 Å². The number of carbonyl (C=O) groups excluding carboxylic acids is 2. The Kier molecular flexibility index (Phi) is 8.56. The maximum absolute atomic E-state index is 15.5. The van der Waals surface area contributed by atoms with Crippen molar-refractivity contribution in [2.75, 3.05) is 13.2 Å². The number of hydrogen-bond donors (Lipinski definition) is 2. The van der Waals surface area contributed by atoms with Crippen molar-refractivity contribution in [2.24, 2.45) is 33.5 Å². The van der Waals surface area contributed by atoms with E-state index in [4.69, 9.17) is 4.74 Å². The van der Waals surface area contributed by atoms with Gasteiger partial charge in [0.05, 0.1) is 24.9 Å². The van der Waals surface area contributed by atoms with Gasteiger partial charge in [-0.2, -0.15) is 0 Å². The minimum absolute atomic E-state index is 0.0392. The van der Waals surface area contributed by atoms with E-state index in [-0.39, 0.29) is 36.2 Å². The molecule has 0 aromatic heterocycles. The SMILES string of the molecule is CCOC(=O)N(Cc1cccc2ccccc12)C[C@]1(O)CC[C@H]2[C@]34C=C[C@@]5(C=C3C(=O)c3ccccc3-c3ccccc3)CC(O)CC[C@]5(C)[C@H]4CC[C@@]21C. The Morgan fingerprint density at radius 2 is 1.49 bits per heavy atom. The van der Waals surface area contributed by atoms with Crippen LogP contribution >= 0.6 is 0 Å². The highest BCUT2D eigenvalue weighted by molar-refractivity contribution is 6.14. The Labute approximate surface area is 324 Å². The largest absolute Gasteiger partial charge is 0.450 e. The Balaban J connectivity index is 1.14. The summed E-state index contributed by atoms with van der Waals surface area (Å²) in [7, 11) is 0. The van der Waals surface area contributed by atoms with Crippen molar-refractivity contribution in [2.45, 2.75) is 84.0 Å². The number of Topliss-reactive ketones (excluding diaryl/α,β-unsaturated/α-hetero) is 1. The van der Waals surface area contributed by atoms with Gasteiger partial charge in [0.2, 0.25) is 0 Å². The summed E-state index contributed by atoms with van der Waals surface area (Å²) in [4.78, 5) is 31.0. The molecule has 1 amide bonds. The van der Waals surface area contributed by atoms with Gasteiger partial charge in [0.1, 0.15) is 0 Å². The summed E-state index contributed by atoms with van der Waals surface area (Å²) < 4.78 is 5.66. The van der Waals surface area contributed by atoms with E-state index in [1.165, 1.54) is 0 Å². The van der Waals surface area contributed by atoms with Gasteiger partial charge >= 0.3 is 6.09 Å². The molecule has 2 N–H and O–H groups in total. The molecule has 6 nitrogen and oxygen atoms in total. The molecular weight excluding hydrogens is 683 g/mol. The first-order valence-corrected chi connectivity index (χ1v) is 20.4. The Bertz CT molecular complexity index is 2220. The van der Waals surface area contributed by atoms with Crippen LogP contribution in [-0.2, 0) is 11.3 Å². The second-order valence-corrected chi connectivity index (χ2v) is 17.7. The van der Waals surface area contributed by atoms with Gasteiger partial charge in [-0.1, -0.05) is 129 Å². The third kappa shape index (κ3) is 5.20. The van der Waals surface area contributed by atoms with Crippen LogP contribution in [-0.4, -0.2) is 51.8 Å². The van der Waals surface area contributed by atoms with Gasteiger partial charge < -0.3 is 19.8 Å². The summed E-state index contributed by atoms with van der Waals surface area (Å²) >= 11 is 0. The normalized spacial score (nSPS) is 34.3. The van der Waals surface area contributed by atoms with Crippen LogP contribution in [0.2, 0.25) is 0 Å². The zero-order valence-corrected chi connectivity index (χ0v) is 32.3. The van der Waals surface area contributed by atoms with Gasteiger partial charge in [-0.15, -0.1) is 0 Å². The molecule has 6 aliphatic carbocycles. The van der Waals surface area contributed by atoms with Crippen molar-refractivity contribution in [1.29, 1.82) is 0 Å². The molecule has 55 heavy (non-hydrogen) atoms. The standard InChI is InChI=1S/C49H53NO5/c1-4-55-44(53)50(31-35-17-12-16-33-15-8-9-18-37(33)35)32-48(54)26-23-42-46(48,3)25-22-41-45(2)24-21-36(51)29-47(45)27-28-49(41,42)40(30-47)43(52)39-20-11-10-19-38(39)34-13-6-5-7-14-34/h5-20,27-28,30,36,41-42,51,54H,4,21-26,29,31-32H2,1-3H3/t36?,41-,42-,45-,46+,47+,48-,49-/m1/s1. The third-order valence-electron chi connectivity index (χ3n) is 15.4. The number of ether oxygens (including phenoxy) is 1. The van der Waals surface area contributed by atoms with E-state index in [9.17, 15) is 15.0 Å². The number of carbonyl (C=O) groups is 2. The van der Waals surface area contributed by atoms with Gasteiger partial charge in [-0.3, -0.25) is 4.79 Å². The number of fused-ring (bicyclic) bond motifs is 2. The number of benzene rings is 4. The number of amides is 1. The van der Waals surface area contributed by atoms with Crippen LogP contribution in [0, 0.1) is 33.5 Å². The van der Waals surface area contributed by atoms with Crippen LogP contribution < -0.4 is 0 Å². The van der Waals surface area contributed by atoms with E-state index in [1.54, 1.807) is 4.90 Å². The first kappa shape index (κ1) is 36.1. The summed E-state index contributed by atoms with van der Waals surface area (Å²) in [5.74, 6) is 0.171. The minimum Gasteiger partial charge on any atom is -0.450 e. The smallest absolute Gasteiger partial charge is 0.410 e. The highest BCUT2D eigenvalue weighted by Crippen LogP contribution is 2.78. The summed E-state index contributed by atoms with van der Waals surface area (Å²) in [5.41, 5.74) is 1.45. The van der Waals surface area contributed by atoms with E-state index in [1.807, 2.05) is 67.6 Å². The van der Waals surface area contributed by atoms with Crippen molar-refractivity contribution in [3.05, 3.63) is 132 Å². The van der Waals surface area contributed by atoms with Crippen molar-refractivity contribution in [1.82, 2.24) is 4.90 Å². The van der Waals surface area contributed by atoms with Crippen molar-refractivity contribution < 1.29 is 24.5 Å². The number of ketones is 1. The van der Waals surface area contributed by atoms with Crippen LogP contribution in [0.5, 0.6) is 0 Å². The molecule has 10 rings (SSSR count). The van der Waals surface area contributed by atoms with E-state index in [0.29, 0.717) is 24.9 Å². The quantitative estimate of drug-likeness (QED) is 0.139. The number of nitrogens with zero attached hydrogens (tertiary/aromatic N) is 1. The molecule has 0 aliphatic heterocycles. The van der Waals surface area contributed by atoms with E-state index in [0.717, 1.165) is 65.1 Å². The molecule has 3 fully saturated rings. The molecule has 6 aliphatic rings.